The molecule has 0 amide bonds. The predicted octanol–water partition coefficient (Wildman–Crippen LogP) is 2.83. The molecule has 0 aliphatic rings. The molecule has 17 heavy (non-hydrogen) atoms. The van der Waals surface area contributed by atoms with Gasteiger partial charge in [0.15, 0.2) is 0 Å². The van der Waals surface area contributed by atoms with E-state index in [1.807, 2.05) is 0 Å². The summed E-state index contributed by atoms with van der Waals surface area (Å²) in [5.74, 6) is 0. The van der Waals surface area contributed by atoms with Crippen molar-refractivity contribution in [2.45, 2.75) is 25.0 Å². The van der Waals surface area contributed by atoms with E-state index >= 15 is 0 Å². The van der Waals surface area contributed by atoms with Crippen LogP contribution < -0.4 is 8.79 Å². The first kappa shape index (κ1) is 12.4. The van der Waals surface area contributed by atoms with Gasteiger partial charge in [-0.25, -0.2) is 0 Å². The summed E-state index contributed by atoms with van der Waals surface area (Å²) in [6.45, 7) is 2.29. The fourth-order valence-corrected chi connectivity index (χ4v) is 9.11. The van der Waals surface area contributed by atoms with Crippen LogP contribution in [0.25, 0.3) is 0 Å². The Bertz CT molecular complexity index is 382. The molecule has 0 aliphatic heterocycles. The molecule has 0 saturated heterocycles. The number of benzene rings is 2. The molecule has 0 aromatic heterocycles. The van der Waals surface area contributed by atoms with E-state index in [9.17, 15) is 0 Å². The van der Waals surface area contributed by atoms with Crippen LogP contribution in [-0.4, -0.2) is 14.3 Å². The van der Waals surface area contributed by atoms with Crippen molar-refractivity contribution in [1.82, 2.24) is 0 Å². The third-order valence-electron chi connectivity index (χ3n) is 3.25. The SMILES string of the molecule is CCC[CH2][GeH]([c]1ccccc1)[c]1ccccc1. The molecule has 2 aromatic rings. The van der Waals surface area contributed by atoms with Gasteiger partial charge in [0.1, 0.15) is 0 Å². The molecule has 0 bridgehead atoms. The second-order valence-corrected chi connectivity index (χ2v) is 10.8. The zero-order chi connectivity index (χ0) is 11.9. The van der Waals surface area contributed by atoms with Crippen LogP contribution in [0.2, 0.25) is 5.25 Å². The van der Waals surface area contributed by atoms with Crippen molar-refractivity contribution in [3.8, 4) is 0 Å². The Morgan fingerprint density at radius 2 is 1.24 bits per heavy atom. The van der Waals surface area contributed by atoms with Crippen molar-refractivity contribution in [3.63, 3.8) is 0 Å². The average Bonchev–Trinajstić information content (AvgIpc) is 2.42. The van der Waals surface area contributed by atoms with Crippen LogP contribution in [0.15, 0.2) is 60.7 Å². The first-order valence-electron chi connectivity index (χ1n) is 6.51. The Hall–Kier alpha value is -1.02. The summed E-state index contributed by atoms with van der Waals surface area (Å²) in [7, 11) is 0. The second-order valence-electron chi connectivity index (χ2n) is 4.52. The molecule has 1 heteroatoms. The Morgan fingerprint density at radius 1 is 0.765 bits per heavy atom. The molecule has 2 aromatic carbocycles. The van der Waals surface area contributed by atoms with Gasteiger partial charge in [-0.15, -0.1) is 0 Å². The number of hydrogen-bond donors (Lipinski definition) is 0. The maximum absolute atomic E-state index is 2.33. The Kier molecular flexibility index (Phi) is 4.87. The van der Waals surface area contributed by atoms with E-state index in [4.69, 9.17) is 0 Å². The van der Waals surface area contributed by atoms with Gasteiger partial charge in [0.25, 0.3) is 0 Å². The van der Waals surface area contributed by atoms with E-state index in [2.05, 4.69) is 67.6 Å². The van der Waals surface area contributed by atoms with Gasteiger partial charge in [-0.1, -0.05) is 0 Å². The van der Waals surface area contributed by atoms with Gasteiger partial charge in [-0.3, -0.25) is 0 Å². The van der Waals surface area contributed by atoms with Gasteiger partial charge in [0.05, 0.1) is 0 Å². The topological polar surface area (TPSA) is 0 Å². The van der Waals surface area contributed by atoms with Crippen molar-refractivity contribution < 1.29 is 0 Å². The van der Waals surface area contributed by atoms with Gasteiger partial charge >= 0.3 is 109 Å². The Morgan fingerprint density at radius 3 is 1.65 bits per heavy atom. The van der Waals surface area contributed by atoms with Crippen molar-refractivity contribution in [2.75, 3.05) is 0 Å². The van der Waals surface area contributed by atoms with E-state index in [1.165, 1.54) is 18.1 Å². The summed E-state index contributed by atoms with van der Waals surface area (Å²) in [6, 6.07) is 22.3. The van der Waals surface area contributed by atoms with Gasteiger partial charge < -0.3 is 0 Å². The summed E-state index contributed by atoms with van der Waals surface area (Å²) in [5.41, 5.74) is 0. The van der Waals surface area contributed by atoms with Gasteiger partial charge in [0, 0.05) is 0 Å². The van der Waals surface area contributed by atoms with E-state index in [-0.39, 0.29) is 0 Å². The van der Waals surface area contributed by atoms with Crippen LogP contribution >= 0.6 is 0 Å². The molecule has 0 fully saturated rings. The number of unbranched alkanes of at least 4 members (excludes halogenated alkanes) is 1. The fraction of sp³-hybridized carbons (Fsp3) is 0.250. The molecule has 0 radical (unpaired) electrons. The maximum atomic E-state index is 2.33. The molecule has 0 nitrogen and oxygen atoms in total. The van der Waals surface area contributed by atoms with Crippen LogP contribution in [0, 0.1) is 0 Å². The van der Waals surface area contributed by atoms with Crippen LogP contribution in [-0.2, 0) is 0 Å². The van der Waals surface area contributed by atoms with Crippen molar-refractivity contribution in [3.05, 3.63) is 60.7 Å². The predicted molar refractivity (Wildman–Crippen MR) is 79.0 cm³/mol. The summed E-state index contributed by atoms with van der Waals surface area (Å²) in [4.78, 5) is 0. The van der Waals surface area contributed by atoms with E-state index in [1.54, 1.807) is 8.79 Å². The monoisotopic (exact) mass is 286 g/mol. The first-order chi connectivity index (χ1) is 8.42. The van der Waals surface area contributed by atoms with Crippen molar-refractivity contribution in [2.24, 2.45) is 0 Å². The summed E-state index contributed by atoms with van der Waals surface area (Å²) >= 11 is -1.50. The molecule has 0 saturated carbocycles. The van der Waals surface area contributed by atoms with Crippen LogP contribution in [0.4, 0.5) is 0 Å². The third-order valence-corrected chi connectivity index (χ3v) is 10.3. The minimum absolute atomic E-state index is 1.31. The summed E-state index contributed by atoms with van der Waals surface area (Å²) in [5, 5.41) is 1.43. The van der Waals surface area contributed by atoms with Crippen LogP contribution in [0.3, 0.4) is 0 Å². The Labute approximate surface area is 109 Å². The minimum atomic E-state index is -1.50. The average molecular weight is 285 g/mol. The Balaban J connectivity index is 2.26. The zero-order valence-electron chi connectivity index (χ0n) is 10.5. The van der Waals surface area contributed by atoms with Gasteiger partial charge in [0.2, 0.25) is 0 Å². The zero-order valence-corrected chi connectivity index (χ0v) is 12.9. The normalized spacial score (nSPS) is 10.7. The molecule has 0 atom stereocenters. The van der Waals surface area contributed by atoms with Crippen molar-refractivity contribution >= 4 is 23.1 Å². The van der Waals surface area contributed by atoms with E-state index in [0.717, 1.165) is 0 Å². The van der Waals surface area contributed by atoms with Crippen LogP contribution in [0.5, 0.6) is 0 Å². The third kappa shape index (κ3) is 3.47. The molecule has 0 spiro atoms. The molecule has 0 unspecified atom stereocenters. The van der Waals surface area contributed by atoms with Crippen LogP contribution in [0.1, 0.15) is 19.8 Å². The van der Waals surface area contributed by atoms with Gasteiger partial charge in [-0.2, -0.15) is 0 Å². The summed E-state index contributed by atoms with van der Waals surface area (Å²) < 4.78 is 3.25. The van der Waals surface area contributed by atoms with E-state index in [0.29, 0.717) is 0 Å². The standard InChI is InChI=1S/C16H20Ge/c1-2-3-14-17(15-10-6-4-7-11-15)16-12-8-5-9-13-16/h4-13,17H,2-3,14H2,1H3. The van der Waals surface area contributed by atoms with E-state index < -0.39 is 14.3 Å². The number of hydrogen-bond acceptors (Lipinski definition) is 0. The molecule has 88 valence electrons. The summed E-state index contributed by atoms with van der Waals surface area (Å²) in [6.07, 6.45) is 2.68. The molecule has 0 heterocycles. The quantitative estimate of drug-likeness (QED) is 0.741. The molecule has 2 rings (SSSR count). The molecular formula is C16H20Ge. The molecular weight excluding hydrogens is 265 g/mol. The first-order valence-corrected chi connectivity index (χ1v) is 10.6. The van der Waals surface area contributed by atoms with Crippen molar-refractivity contribution in [1.29, 1.82) is 0 Å². The molecule has 0 N–H and O–H groups in total. The molecule has 0 aliphatic carbocycles. The second kappa shape index (κ2) is 6.65. The van der Waals surface area contributed by atoms with Gasteiger partial charge in [-0.05, 0) is 0 Å². The fourth-order valence-electron chi connectivity index (χ4n) is 2.30. The number of rotatable bonds is 5.